The Morgan fingerprint density at radius 3 is 2.09 bits per heavy atom. The summed E-state index contributed by atoms with van der Waals surface area (Å²) in [5.74, 6) is 0. The van der Waals surface area contributed by atoms with E-state index in [4.69, 9.17) is 0 Å². The van der Waals surface area contributed by atoms with Crippen LogP contribution in [0.25, 0.3) is 0 Å². The largest absolute Gasteiger partial charge is 0.306 e. The van der Waals surface area contributed by atoms with Crippen molar-refractivity contribution in [1.29, 1.82) is 0 Å². The van der Waals surface area contributed by atoms with E-state index in [1.54, 1.807) is 0 Å². The molecule has 1 fully saturated rings. The standard InChI is InChI=1S/C9H19N.CH4/c1-4-9(2)5-7-10(3)8-6-9;/h4-8H2,1-3H3;1H4. The number of hydrogen-bond donors (Lipinski definition) is 0. The fourth-order valence-electron chi connectivity index (χ4n) is 1.51. The third-order valence-corrected chi connectivity index (χ3v) is 3.05. The van der Waals surface area contributed by atoms with Crippen LogP contribution in [0.2, 0.25) is 0 Å². The first-order valence-corrected chi connectivity index (χ1v) is 4.35. The maximum absolute atomic E-state index is 2.43. The minimum absolute atomic E-state index is 0. The number of rotatable bonds is 1. The first kappa shape index (κ1) is 11.0. The topological polar surface area (TPSA) is 3.24 Å². The van der Waals surface area contributed by atoms with Crippen molar-refractivity contribution < 1.29 is 0 Å². The summed E-state index contributed by atoms with van der Waals surface area (Å²) in [5.41, 5.74) is 0.659. The molecule has 0 aliphatic carbocycles. The van der Waals surface area contributed by atoms with Crippen molar-refractivity contribution in [2.75, 3.05) is 20.1 Å². The van der Waals surface area contributed by atoms with E-state index in [9.17, 15) is 0 Å². The lowest BCUT2D eigenvalue weighted by Crippen LogP contribution is -2.35. The Bertz CT molecular complexity index is 101. The second kappa shape index (κ2) is 4.10. The third-order valence-electron chi connectivity index (χ3n) is 3.05. The summed E-state index contributed by atoms with van der Waals surface area (Å²) in [4.78, 5) is 2.43. The average molecular weight is 157 g/mol. The summed E-state index contributed by atoms with van der Waals surface area (Å²) in [5, 5.41) is 0. The van der Waals surface area contributed by atoms with Gasteiger partial charge in [-0.05, 0) is 38.4 Å². The van der Waals surface area contributed by atoms with Gasteiger partial charge in [-0.25, -0.2) is 0 Å². The first-order valence-electron chi connectivity index (χ1n) is 4.35. The van der Waals surface area contributed by atoms with Gasteiger partial charge in [0.05, 0.1) is 0 Å². The van der Waals surface area contributed by atoms with Crippen molar-refractivity contribution in [3.63, 3.8) is 0 Å². The zero-order valence-corrected chi connectivity index (χ0v) is 7.48. The van der Waals surface area contributed by atoms with Gasteiger partial charge in [0.1, 0.15) is 0 Å². The van der Waals surface area contributed by atoms with Gasteiger partial charge in [0, 0.05) is 0 Å². The van der Waals surface area contributed by atoms with Gasteiger partial charge in [-0.3, -0.25) is 0 Å². The van der Waals surface area contributed by atoms with Crippen LogP contribution in [-0.2, 0) is 0 Å². The van der Waals surface area contributed by atoms with Crippen LogP contribution in [0.5, 0.6) is 0 Å². The third kappa shape index (κ3) is 2.82. The van der Waals surface area contributed by atoms with E-state index >= 15 is 0 Å². The Balaban J connectivity index is 0.000001000. The molecule has 0 aromatic rings. The van der Waals surface area contributed by atoms with Crippen molar-refractivity contribution in [2.24, 2.45) is 5.41 Å². The van der Waals surface area contributed by atoms with Crippen LogP contribution in [0.1, 0.15) is 40.5 Å². The van der Waals surface area contributed by atoms with Crippen LogP contribution >= 0.6 is 0 Å². The molecule has 1 heteroatoms. The molecule has 11 heavy (non-hydrogen) atoms. The highest BCUT2D eigenvalue weighted by Gasteiger charge is 2.26. The van der Waals surface area contributed by atoms with Crippen molar-refractivity contribution in [3.05, 3.63) is 0 Å². The fourth-order valence-corrected chi connectivity index (χ4v) is 1.51. The Morgan fingerprint density at radius 1 is 1.27 bits per heavy atom. The van der Waals surface area contributed by atoms with Crippen molar-refractivity contribution >= 4 is 0 Å². The summed E-state index contributed by atoms with van der Waals surface area (Å²) >= 11 is 0. The zero-order chi connectivity index (χ0) is 7.61. The van der Waals surface area contributed by atoms with Gasteiger partial charge in [-0.2, -0.15) is 0 Å². The molecule has 1 heterocycles. The van der Waals surface area contributed by atoms with Crippen LogP contribution in [0.4, 0.5) is 0 Å². The van der Waals surface area contributed by atoms with Gasteiger partial charge in [0.25, 0.3) is 0 Å². The van der Waals surface area contributed by atoms with Crippen LogP contribution in [0, 0.1) is 5.41 Å². The minimum Gasteiger partial charge on any atom is -0.306 e. The molecule has 1 rings (SSSR count). The van der Waals surface area contributed by atoms with Crippen LogP contribution in [0.15, 0.2) is 0 Å². The van der Waals surface area contributed by atoms with Gasteiger partial charge in [0.2, 0.25) is 0 Å². The molecular weight excluding hydrogens is 134 g/mol. The number of hydrogen-bond acceptors (Lipinski definition) is 1. The van der Waals surface area contributed by atoms with Crippen molar-refractivity contribution in [3.8, 4) is 0 Å². The molecular formula is C10H23N. The van der Waals surface area contributed by atoms with E-state index in [0.717, 1.165) is 0 Å². The second-order valence-corrected chi connectivity index (χ2v) is 3.97. The van der Waals surface area contributed by atoms with Gasteiger partial charge in [0.15, 0.2) is 0 Å². The van der Waals surface area contributed by atoms with Gasteiger partial charge in [-0.1, -0.05) is 27.7 Å². The molecule has 0 atom stereocenters. The second-order valence-electron chi connectivity index (χ2n) is 3.97. The van der Waals surface area contributed by atoms with Crippen molar-refractivity contribution in [2.45, 2.75) is 40.5 Å². The van der Waals surface area contributed by atoms with Gasteiger partial charge < -0.3 is 4.90 Å². The summed E-state index contributed by atoms with van der Waals surface area (Å²) < 4.78 is 0. The van der Waals surface area contributed by atoms with Crippen LogP contribution in [0.3, 0.4) is 0 Å². The normalized spacial score (nSPS) is 24.3. The summed E-state index contributed by atoms with van der Waals surface area (Å²) in [6.45, 7) is 7.32. The lowest BCUT2D eigenvalue weighted by Gasteiger charge is -2.37. The predicted molar refractivity (Wildman–Crippen MR) is 51.9 cm³/mol. The number of piperidine rings is 1. The monoisotopic (exact) mass is 157 g/mol. The van der Waals surface area contributed by atoms with E-state index < -0.39 is 0 Å². The number of likely N-dealkylation sites (tertiary alicyclic amines) is 1. The SMILES string of the molecule is C.CCC1(C)CCN(C)CC1. The molecule has 1 saturated heterocycles. The minimum atomic E-state index is 0. The van der Waals surface area contributed by atoms with Crippen LogP contribution < -0.4 is 0 Å². The summed E-state index contributed by atoms with van der Waals surface area (Å²) in [7, 11) is 2.22. The molecule has 0 saturated carbocycles. The fraction of sp³-hybridized carbons (Fsp3) is 1.00. The molecule has 1 aliphatic rings. The molecule has 0 radical (unpaired) electrons. The highest BCUT2D eigenvalue weighted by atomic mass is 15.1. The highest BCUT2D eigenvalue weighted by Crippen LogP contribution is 2.33. The smallest absolute Gasteiger partial charge is 0.00166 e. The molecule has 1 aliphatic heterocycles. The predicted octanol–water partition coefficient (Wildman–Crippen LogP) is 2.76. The highest BCUT2D eigenvalue weighted by molar-refractivity contribution is 4.79. The zero-order valence-electron chi connectivity index (χ0n) is 7.48. The van der Waals surface area contributed by atoms with E-state index in [0.29, 0.717) is 5.41 Å². The first-order chi connectivity index (χ1) is 4.66. The van der Waals surface area contributed by atoms with E-state index in [1.807, 2.05) is 0 Å². The molecule has 0 unspecified atom stereocenters. The lowest BCUT2D eigenvalue weighted by molar-refractivity contribution is 0.135. The Labute approximate surface area is 71.8 Å². The van der Waals surface area contributed by atoms with Crippen LogP contribution in [-0.4, -0.2) is 25.0 Å². The summed E-state index contributed by atoms with van der Waals surface area (Å²) in [6.07, 6.45) is 4.13. The van der Waals surface area contributed by atoms with E-state index in [1.165, 1.54) is 32.4 Å². The molecule has 0 amide bonds. The van der Waals surface area contributed by atoms with Gasteiger partial charge in [-0.15, -0.1) is 0 Å². The van der Waals surface area contributed by atoms with E-state index in [-0.39, 0.29) is 7.43 Å². The Morgan fingerprint density at radius 2 is 1.73 bits per heavy atom. The Hall–Kier alpha value is -0.0400. The van der Waals surface area contributed by atoms with Gasteiger partial charge >= 0.3 is 0 Å². The Kier molecular flexibility index (Phi) is 4.09. The number of nitrogens with zero attached hydrogens (tertiary/aromatic N) is 1. The van der Waals surface area contributed by atoms with E-state index in [2.05, 4.69) is 25.8 Å². The molecule has 68 valence electrons. The van der Waals surface area contributed by atoms with Crippen molar-refractivity contribution in [1.82, 2.24) is 4.90 Å². The quantitative estimate of drug-likeness (QED) is 0.565. The lowest BCUT2D eigenvalue weighted by atomic mass is 9.78. The maximum atomic E-state index is 2.43. The average Bonchev–Trinajstić information content (AvgIpc) is 1.96. The molecule has 0 spiro atoms. The molecule has 1 nitrogen and oxygen atoms in total. The molecule has 0 aromatic carbocycles. The maximum Gasteiger partial charge on any atom is -0.00166 e. The molecule has 0 bridgehead atoms. The molecule has 0 N–H and O–H groups in total. The summed E-state index contributed by atoms with van der Waals surface area (Å²) in [6, 6.07) is 0. The molecule has 0 aromatic heterocycles.